The van der Waals surface area contributed by atoms with Crippen LogP contribution in [-0.4, -0.2) is 15.0 Å². The lowest BCUT2D eigenvalue weighted by Crippen LogP contribution is -2.01. The number of hydrogen-bond acceptors (Lipinski definition) is 3. The fraction of sp³-hybridized carbons (Fsp3) is 0. The SMILES string of the molecule is [2H]c1c([2H])c([2H])c2c(c1[2H])c([2H])c([2H])c1c([2H])c([2H])c([2H])c(-c3nc(-c4cccc(-c5ccc6cc(-c7ccccc7)ccc6c5)c4)nc(-c4cccc5ccccc45)n3)c12. The summed E-state index contributed by atoms with van der Waals surface area (Å²) in [6.45, 7) is 0. The lowest BCUT2D eigenvalue weighted by Gasteiger charge is -2.13. The Balaban J connectivity index is 1.23. The fourth-order valence-corrected chi connectivity index (χ4v) is 6.87. The van der Waals surface area contributed by atoms with E-state index < -0.39 is 54.4 Å². The highest BCUT2D eigenvalue weighted by molar-refractivity contribution is 6.13. The van der Waals surface area contributed by atoms with Gasteiger partial charge in [0.2, 0.25) is 0 Å². The average molecular weight is 671 g/mol. The van der Waals surface area contributed by atoms with Gasteiger partial charge in [0, 0.05) is 22.1 Å². The van der Waals surface area contributed by atoms with Crippen LogP contribution in [0.5, 0.6) is 0 Å². The maximum absolute atomic E-state index is 9.32. The van der Waals surface area contributed by atoms with Gasteiger partial charge in [-0.15, -0.1) is 0 Å². The molecule has 0 aliphatic rings. The first-order valence-corrected chi connectivity index (χ1v) is 16.9. The molecule has 0 bridgehead atoms. The van der Waals surface area contributed by atoms with Crippen molar-refractivity contribution in [2.75, 3.05) is 0 Å². The second-order valence-electron chi connectivity index (χ2n) is 12.6. The van der Waals surface area contributed by atoms with Crippen LogP contribution in [0.2, 0.25) is 0 Å². The zero-order chi connectivity index (χ0) is 42.3. The summed E-state index contributed by atoms with van der Waals surface area (Å²) < 4.78 is 79.7. The van der Waals surface area contributed by atoms with Crippen LogP contribution in [0.3, 0.4) is 0 Å². The third-order valence-corrected chi connectivity index (χ3v) is 9.42. The van der Waals surface area contributed by atoms with E-state index in [-0.39, 0.29) is 44.6 Å². The van der Waals surface area contributed by atoms with E-state index in [1.54, 1.807) is 0 Å². The molecule has 0 amide bonds. The van der Waals surface area contributed by atoms with Crippen molar-refractivity contribution < 1.29 is 12.3 Å². The van der Waals surface area contributed by atoms with E-state index >= 15 is 0 Å². The molecule has 9 aromatic carbocycles. The van der Waals surface area contributed by atoms with Crippen LogP contribution in [0, 0.1) is 0 Å². The van der Waals surface area contributed by atoms with Gasteiger partial charge in [0.25, 0.3) is 0 Å². The minimum absolute atomic E-state index is 0.0737. The van der Waals surface area contributed by atoms with Crippen molar-refractivity contribution in [3.63, 3.8) is 0 Å². The number of aromatic nitrogens is 3. The van der Waals surface area contributed by atoms with Crippen LogP contribution in [0.25, 0.3) is 99.5 Å². The molecule has 0 fully saturated rings. The highest BCUT2D eigenvalue weighted by Crippen LogP contribution is 2.36. The molecule has 10 rings (SSSR count). The Kier molecular flexibility index (Phi) is 5.25. The van der Waals surface area contributed by atoms with Gasteiger partial charge in [0.1, 0.15) is 0 Å². The van der Waals surface area contributed by atoms with Gasteiger partial charge in [-0.05, 0) is 78.2 Å². The Bertz CT molecular complexity index is 3480. The monoisotopic (exact) mass is 670 g/mol. The molecule has 1 heterocycles. The molecule has 0 atom stereocenters. The van der Waals surface area contributed by atoms with Crippen LogP contribution in [0.1, 0.15) is 12.3 Å². The van der Waals surface area contributed by atoms with E-state index in [1.807, 2.05) is 84.9 Å². The van der Waals surface area contributed by atoms with Gasteiger partial charge in [-0.1, -0.05) is 170 Å². The van der Waals surface area contributed by atoms with Gasteiger partial charge in [0.05, 0.1) is 12.3 Å². The summed E-state index contributed by atoms with van der Waals surface area (Å²) in [6, 6.07) is 39.4. The van der Waals surface area contributed by atoms with Crippen LogP contribution in [0.4, 0.5) is 0 Å². The molecule has 1 aromatic heterocycles. The lowest BCUT2D eigenvalue weighted by atomic mass is 9.96. The first kappa shape index (κ1) is 22.0. The predicted octanol–water partition coefficient (Wildman–Crippen LogP) is 12.8. The number of fused-ring (bicyclic) bond motifs is 5. The zero-order valence-electron chi connectivity index (χ0n) is 36.5. The van der Waals surface area contributed by atoms with Crippen molar-refractivity contribution in [2.45, 2.75) is 0 Å². The summed E-state index contributed by atoms with van der Waals surface area (Å²) in [5.74, 6) is 0.379. The Hall–Kier alpha value is -6.97. The van der Waals surface area contributed by atoms with Crippen molar-refractivity contribution >= 4 is 43.1 Å². The molecule has 0 radical (unpaired) electrons. The second-order valence-corrected chi connectivity index (χ2v) is 12.6. The van der Waals surface area contributed by atoms with Gasteiger partial charge >= 0.3 is 0 Å². The number of hydrogen-bond donors (Lipinski definition) is 0. The molecule has 0 unspecified atom stereocenters. The number of nitrogens with zero attached hydrogens (tertiary/aromatic N) is 3. The number of benzene rings is 9. The van der Waals surface area contributed by atoms with Gasteiger partial charge in [-0.3, -0.25) is 0 Å². The maximum atomic E-state index is 9.32. The molecule has 0 spiro atoms. The van der Waals surface area contributed by atoms with Crippen molar-refractivity contribution in [3.8, 4) is 56.4 Å². The van der Waals surface area contributed by atoms with Crippen LogP contribution >= 0.6 is 0 Å². The highest BCUT2D eigenvalue weighted by Gasteiger charge is 2.17. The predicted molar refractivity (Wildman–Crippen MR) is 217 cm³/mol. The van der Waals surface area contributed by atoms with Crippen molar-refractivity contribution in [3.05, 3.63) is 188 Å². The largest absolute Gasteiger partial charge is 0.208 e. The summed E-state index contributed by atoms with van der Waals surface area (Å²) in [5.41, 5.74) is 5.28. The normalized spacial score (nSPS) is 13.9. The average Bonchev–Trinajstić information content (AvgIpc) is 3.30. The minimum atomic E-state index is -0.579. The van der Waals surface area contributed by atoms with Gasteiger partial charge in [-0.2, -0.15) is 0 Å². The van der Waals surface area contributed by atoms with Crippen molar-refractivity contribution in [2.24, 2.45) is 0 Å². The summed E-state index contributed by atoms with van der Waals surface area (Å²) in [6.07, 6.45) is 0. The summed E-state index contributed by atoms with van der Waals surface area (Å²) in [5, 5.41) is 3.28. The Morgan fingerprint density at radius 2 is 0.942 bits per heavy atom. The molecule has 0 aliphatic heterocycles. The lowest BCUT2D eigenvalue weighted by molar-refractivity contribution is 1.08. The Morgan fingerprint density at radius 3 is 1.81 bits per heavy atom. The summed E-state index contributed by atoms with van der Waals surface area (Å²) in [4.78, 5) is 14.9. The second kappa shape index (κ2) is 12.4. The van der Waals surface area contributed by atoms with E-state index in [9.17, 15) is 1.37 Å². The van der Waals surface area contributed by atoms with Gasteiger partial charge < -0.3 is 0 Å². The van der Waals surface area contributed by atoms with E-state index in [4.69, 9.17) is 25.9 Å². The minimum Gasteiger partial charge on any atom is -0.208 e. The topological polar surface area (TPSA) is 38.7 Å². The fourth-order valence-electron chi connectivity index (χ4n) is 6.87. The van der Waals surface area contributed by atoms with Gasteiger partial charge in [0.15, 0.2) is 17.5 Å². The molecule has 0 aliphatic carbocycles. The third kappa shape index (κ3) is 5.28. The van der Waals surface area contributed by atoms with E-state index in [0.29, 0.717) is 11.1 Å². The zero-order valence-corrected chi connectivity index (χ0v) is 27.5. The quantitative estimate of drug-likeness (QED) is 0.171. The van der Waals surface area contributed by atoms with E-state index in [0.717, 1.165) is 43.8 Å². The molecular formula is C49H31N3. The van der Waals surface area contributed by atoms with Crippen molar-refractivity contribution in [1.29, 1.82) is 0 Å². The number of rotatable bonds is 5. The molecule has 0 N–H and O–H groups in total. The van der Waals surface area contributed by atoms with E-state index in [2.05, 4.69) is 48.5 Å². The molecule has 10 aromatic rings. The smallest absolute Gasteiger partial charge is 0.164 e. The van der Waals surface area contributed by atoms with Gasteiger partial charge in [-0.25, -0.2) is 15.0 Å². The molecule has 3 heteroatoms. The van der Waals surface area contributed by atoms with Crippen LogP contribution in [0.15, 0.2) is 188 Å². The molecule has 0 saturated carbocycles. The Morgan fingerprint density at radius 1 is 0.327 bits per heavy atom. The molecule has 0 saturated heterocycles. The third-order valence-electron chi connectivity index (χ3n) is 9.42. The highest BCUT2D eigenvalue weighted by atomic mass is 15.0. The first-order chi connectivity index (χ1) is 29.5. The standard InChI is InChI=1S/C49H31N3/c1-2-11-32(12-3-1)37-25-26-40-30-38(27-28-39(40)29-37)36-17-8-18-41(31-36)47-50-48(44-21-9-15-33-13-4-6-19-42(33)44)52-49(51-47)45-22-10-16-35-24-23-34-14-5-7-20-43(34)46(35)45/h1-31H/i5D,7D,10D,14D,16D,20D,22D,23D,24D. The Labute approximate surface area is 314 Å². The summed E-state index contributed by atoms with van der Waals surface area (Å²) in [7, 11) is 0. The van der Waals surface area contributed by atoms with Crippen LogP contribution in [-0.2, 0) is 0 Å². The first-order valence-electron chi connectivity index (χ1n) is 21.4. The molecule has 52 heavy (non-hydrogen) atoms. The van der Waals surface area contributed by atoms with Crippen molar-refractivity contribution in [1.82, 2.24) is 15.0 Å². The molecular weight excluding hydrogens is 631 g/mol. The summed E-state index contributed by atoms with van der Waals surface area (Å²) >= 11 is 0. The van der Waals surface area contributed by atoms with Crippen LogP contribution < -0.4 is 0 Å². The molecule has 3 nitrogen and oxygen atoms in total. The molecule has 242 valence electrons. The van der Waals surface area contributed by atoms with E-state index in [1.165, 1.54) is 0 Å². The maximum Gasteiger partial charge on any atom is 0.164 e.